The van der Waals surface area contributed by atoms with Gasteiger partial charge in [0.05, 0.1) is 23.1 Å². The Labute approximate surface area is 238 Å². The maximum Gasteiger partial charge on any atom is 0.416 e. The van der Waals surface area contributed by atoms with Gasteiger partial charge in [-0.15, -0.1) is 0 Å². The van der Waals surface area contributed by atoms with Crippen LogP contribution in [0.15, 0.2) is 60.8 Å². The highest BCUT2D eigenvalue weighted by atomic mass is 19.4. The van der Waals surface area contributed by atoms with Crippen LogP contribution in [-0.2, 0) is 28.5 Å². The Bertz CT molecular complexity index is 1570. The molecule has 0 bridgehead atoms. The first-order chi connectivity index (χ1) is 20.2. The zero-order valence-electron chi connectivity index (χ0n) is 22.6. The first-order valence-electron chi connectivity index (χ1n) is 13.2. The summed E-state index contributed by atoms with van der Waals surface area (Å²) in [6.07, 6.45) is -2.87. The number of benzene rings is 3. The number of rotatable bonds is 11. The lowest BCUT2D eigenvalue weighted by molar-refractivity contribution is -0.137. The Morgan fingerprint density at radius 3 is 2.43 bits per heavy atom. The molecule has 11 heteroatoms. The van der Waals surface area contributed by atoms with Crippen LogP contribution in [-0.4, -0.2) is 44.3 Å². The number of Topliss-reactive ketones (excluding diaryl/α,β-unsaturated/α-hetero) is 1. The number of hydrogen-bond donors (Lipinski definition) is 0. The minimum absolute atomic E-state index is 0.0833. The second-order valence-electron chi connectivity index (χ2n) is 9.57. The average Bonchev–Trinajstić information content (AvgIpc) is 2.97. The zero-order chi connectivity index (χ0) is 29.7. The topological polar surface area (TPSA) is 76.1 Å². The summed E-state index contributed by atoms with van der Waals surface area (Å²) >= 11 is 0. The van der Waals surface area contributed by atoms with Gasteiger partial charge in [-0.2, -0.15) is 13.2 Å². The zero-order valence-corrected chi connectivity index (χ0v) is 22.6. The number of halogens is 4. The van der Waals surface area contributed by atoms with Crippen molar-refractivity contribution in [2.45, 2.75) is 25.4 Å². The van der Waals surface area contributed by atoms with Crippen LogP contribution in [0.3, 0.4) is 0 Å². The fourth-order valence-corrected chi connectivity index (χ4v) is 4.54. The number of pyridine rings is 1. The molecule has 4 aromatic rings. The van der Waals surface area contributed by atoms with Gasteiger partial charge >= 0.3 is 6.18 Å². The van der Waals surface area contributed by atoms with Gasteiger partial charge < -0.3 is 23.7 Å². The number of nitrogens with zero attached hydrogens (tertiary/aromatic N) is 1. The monoisotopic (exact) mass is 585 g/mol. The molecule has 0 atom stereocenters. The van der Waals surface area contributed by atoms with Crippen LogP contribution in [0.4, 0.5) is 17.6 Å². The Kier molecular flexibility index (Phi) is 8.77. The summed E-state index contributed by atoms with van der Waals surface area (Å²) < 4.78 is 82.0. The van der Waals surface area contributed by atoms with E-state index in [1.165, 1.54) is 0 Å². The molecule has 0 aliphatic carbocycles. The predicted octanol–water partition coefficient (Wildman–Crippen LogP) is 6.73. The van der Waals surface area contributed by atoms with Gasteiger partial charge in [0, 0.05) is 45.2 Å². The third-order valence-electron chi connectivity index (χ3n) is 6.51. The molecule has 42 heavy (non-hydrogen) atoms. The van der Waals surface area contributed by atoms with Crippen LogP contribution in [0.1, 0.15) is 23.1 Å². The largest absolute Gasteiger partial charge is 0.489 e. The molecule has 7 nitrogen and oxygen atoms in total. The number of hydrogen-bond acceptors (Lipinski definition) is 7. The molecule has 0 radical (unpaired) electrons. The number of aromatic nitrogens is 1. The maximum absolute atomic E-state index is 14.1. The molecule has 1 aliphatic heterocycles. The Balaban J connectivity index is 1.31. The van der Waals surface area contributed by atoms with Gasteiger partial charge in [-0.05, 0) is 47.5 Å². The smallest absolute Gasteiger partial charge is 0.416 e. The standard InChI is InChI=1S/C31H27F4NO6/c1-38-11-2-12-39-27-18-25-28(30-29(27)40-13-14-41-30)26(9-10-36-25)42-23-6-3-19(4-7-23)15-22(37)17-20-16-21(31(33,34)35)5-8-24(20)32/h3-10,16,18H,2,11-15,17H2,1H3. The summed E-state index contributed by atoms with van der Waals surface area (Å²) in [6, 6.07) is 12.2. The number of ketones is 1. The highest BCUT2D eigenvalue weighted by Crippen LogP contribution is 2.48. The summed E-state index contributed by atoms with van der Waals surface area (Å²) in [4.78, 5) is 17.0. The second kappa shape index (κ2) is 12.6. The number of alkyl halides is 3. The Hall–Kier alpha value is -4.38. The molecule has 220 valence electrons. The Morgan fingerprint density at radius 2 is 1.69 bits per heavy atom. The van der Waals surface area contributed by atoms with E-state index in [2.05, 4.69) is 4.98 Å². The normalized spacial score (nSPS) is 12.8. The van der Waals surface area contributed by atoms with Crippen molar-refractivity contribution >= 4 is 16.7 Å². The molecule has 0 saturated carbocycles. The number of methoxy groups -OCH3 is 1. The van der Waals surface area contributed by atoms with E-state index in [1.807, 2.05) is 0 Å². The molecular weight excluding hydrogens is 558 g/mol. The SMILES string of the molecule is COCCCOc1cc2nccc(Oc3ccc(CC(=O)Cc4cc(C(F)(F)F)ccc4F)cc3)c2c2c1OCCO2. The van der Waals surface area contributed by atoms with Crippen LogP contribution in [0.25, 0.3) is 10.9 Å². The molecular formula is C31H27F4NO6. The lowest BCUT2D eigenvalue weighted by atomic mass is 10.0. The van der Waals surface area contributed by atoms with Crippen molar-refractivity contribution in [3.8, 4) is 28.7 Å². The summed E-state index contributed by atoms with van der Waals surface area (Å²) in [7, 11) is 1.63. The maximum atomic E-state index is 14.1. The highest BCUT2D eigenvalue weighted by Gasteiger charge is 2.31. The van der Waals surface area contributed by atoms with Crippen LogP contribution in [0.5, 0.6) is 28.7 Å². The van der Waals surface area contributed by atoms with E-state index in [1.54, 1.807) is 49.7 Å². The number of carbonyl (C=O) groups is 1. The van der Waals surface area contributed by atoms with Crippen molar-refractivity contribution in [2.75, 3.05) is 33.5 Å². The summed E-state index contributed by atoms with van der Waals surface area (Å²) in [6.45, 7) is 1.69. The van der Waals surface area contributed by atoms with Gasteiger partial charge in [-0.1, -0.05) is 12.1 Å². The molecule has 0 fully saturated rings. The lowest BCUT2D eigenvalue weighted by Gasteiger charge is -2.23. The van der Waals surface area contributed by atoms with E-state index >= 15 is 0 Å². The van der Waals surface area contributed by atoms with Gasteiger partial charge in [-0.3, -0.25) is 9.78 Å². The molecule has 0 N–H and O–H groups in total. The molecule has 3 aromatic carbocycles. The van der Waals surface area contributed by atoms with E-state index in [0.29, 0.717) is 90.2 Å². The van der Waals surface area contributed by atoms with Gasteiger partial charge in [-0.25, -0.2) is 4.39 Å². The number of fused-ring (bicyclic) bond motifs is 3. The molecule has 2 heterocycles. The molecule has 0 unspecified atom stereocenters. The van der Waals surface area contributed by atoms with Crippen LogP contribution >= 0.6 is 0 Å². The number of carbonyl (C=O) groups excluding carboxylic acids is 1. The lowest BCUT2D eigenvalue weighted by Crippen LogP contribution is -2.17. The van der Waals surface area contributed by atoms with E-state index in [0.717, 1.165) is 6.07 Å². The van der Waals surface area contributed by atoms with Crippen molar-refractivity contribution in [1.82, 2.24) is 4.98 Å². The van der Waals surface area contributed by atoms with Crippen molar-refractivity contribution < 1.29 is 46.0 Å². The van der Waals surface area contributed by atoms with Crippen LogP contribution in [0, 0.1) is 5.82 Å². The minimum atomic E-state index is -4.62. The summed E-state index contributed by atoms with van der Waals surface area (Å²) in [5.74, 6) is 1.10. The van der Waals surface area contributed by atoms with E-state index in [9.17, 15) is 22.4 Å². The first-order valence-corrected chi connectivity index (χ1v) is 13.2. The van der Waals surface area contributed by atoms with Crippen LogP contribution in [0.2, 0.25) is 0 Å². The van der Waals surface area contributed by atoms with Gasteiger partial charge in [0.1, 0.15) is 36.3 Å². The third-order valence-corrected chi connectivity index (χ3v) is 6.51. The molecule has 5 rings (SSSR count). The van der Waals surface area contributed by atoms with Gasteiger partial charge in [0.2, 0.25) is 5.75 Å². The average molecular weight is 586 g/mol. The molecule has 1 aliphatic rings. The third kappa shape index (κ3) is 6.73. The minimum Gasteiger partial charge on any atom is -0.489 e. The van der Waals surface area contributed by atoms with Crippen molar-refractivity contribution in [1.29, 1.82) is 0 Å². The van der Waals surface area contributed by atoms with Crippen molar-refractivity contribution in [3.63, 3.8) is 0 Å². The van der Waals surface area contributed by atoms with E-state index < -0.39 is 29.8 Å². The molecule has 0 spiro atoms. The quantitative estimate of drug-likeness (QED) is 0.143. The van der Waals surface area contributed by atoms with Crippen molar-refractivity contribution in [3.05, 3.63) is 83.3 Å². The highest BCUT2D eigenvalue weighted by molar-refractivity contribution is 5.95. The van der Waals surface area contributed by atoms with Crippen molar-refractivity contribution in [2.24, 2.45) is 0 Å². The van der Waals surface area contributed by atoms with E-state index in [4.69, 9.17) is 23.7 Å². The number of ether oxygens (including phenoxy) is 5. The second-order valence-corrected chi connectivity index (χ2v) is 9.57. The molecule has 0 amide bonds. The fourth-order valence-electron chi connectivity index (χ4n) is 4.54. The molecule has 0 saturated heterocycles. The summed E-state index contributed by atoms with van der Waals surface area (Å²) in [5, 5.41) is 0.610. The van der Waals surface area contributed by atoms with Crippen LogP contribution < -0.4 is 18.9 Å². The fraction of sp³-hybridized carbons (Fsp3) is 0.290. The predicted molar refractivity (Wildman–Crippen MR) is 145 cm³/mol. The molecule has 1 aromatic heterocycles. The summed E-state index contributed by atoms with van der Waals surface area (Å²) in [5.41, 5.74) is -0.107. The van der Waals surface area contributed by atoms with Gasteiger partial charge in [0.15, 0.2) is 11.5 Å². The van der Waals surface area contributed by atoms with E-state index in [-0.39, 0.29) is 12.0 Å². The Morgan fingerprint density at radius 1 is 0.929 bits per heavy atom. The van der Waals surface area contributed by atoms with Gasteiger partial charge in [0.25, 0.3) is 0 Å². The first kappa shape index (κ1) is 29.1.